The molecular weight excluding hydrogens is 378 g/mol. The Hall–Kier alpha value is -3.46. The van der Waals surface area contributed by atoms with Gasteiger partial charge < -0.3 is 19.8 Å². The Balaban J connectivity index is 1.39. The van der Waals surface area contributed by atoms with E-state index in [0.717, 1.165) is 46.4 Å². The fraction of sp³-hybridized carbons (Fsp3) is 0.333. The van der Waals surface area contributed by atoms with Crippen LogP contribution in [0.1, 0.15) is 44.4 Å². The minimum Gasteiger partial charge on any atom is -0.454 e. The highest BCUT2D eigenvalue weighted by molar-refractivity contribution is 6.02. The Kier molecular flexibility index (Phi) is 4.04. The first kappa shape index (κ1) is 18.6. The van der Waals surface area contributed by atoms with Crippen molar-refractivity contribution in [3.63, 3.8) is 0 Å². The number of hydrogen-bond donors (Lipinski definition) is 2. The largest absolute Gasteiger partial charge is 0.454 e. The van der Waals surface area contributed by atoms with Gasteiger partial charge in [-0.1, -0.05) is 19.9 Å². The van der Waals surface area contributed by atoms with Crippen molar-refractivity contribution in [2.45, 2.75) is 43.9 Å². The molecule has 1 fully saturated rings. The lowest BCUT2D eigenvalue weighted by molar-refractivity contribution is -0.118. The number of hydrogen-bond acceptors (Lipinski definition) is 4. The number of amides is 1. The summed E-state index contributed by atoms with van der Waals surface area (Å²) in [5.41, 5.74) is 2.98. The molecule has 0 atom stereocenters. The van der Waals surface area contributed by atoms with Gasteiger partial charge in [-0.3, -0.25) is 4.79 Å². The average Bonchev–Trinajstić information content (AvgIpc) is 3.19. The van der Waals surface area contributed by atoms with E-state index >= 15 is 0 Å². The van der Waals surface area contributed by atoms with Crippen LogP contribution < -0.4 is 14.8 Å². The van der Waals surface area contributed by atoms with Crippen molar-refractivity contribution in [3.05, 3.63) is 53.7 Å². The Morgan fingerprint density at radius 3 is 2.73 bits per heavy atom. The molecule has 1 saturated carbocycles. The quantitative estimate of drug-likeness (QED) is 0.645. The van der Waals surface area contributed by atoms with Crippen LogP contribution in [-0.2, 0) is 15.6 Å². The van der Waals surface area contributed by atoms with Gasteiger partial charge in [-0.05, 0) is 54.8 Å². The molecule has 2 N–H and O–H groups in total. The van der Waals surface area contributed by atoms with Gasteiger partial charge in [0.15, 0.2) is 11.5 Å². The molecule has 3 aromatic rings. The first-order valence-electron chi connectivity index (χ1n) is 10.1. The van der Waals surface area contributed by atoms with Crippen LogP contribution >= 0.6 is 0 Å². The monoisotopic (exact) mass is 401 g/mol. The number of aromatic amines is 1. The summed E-state index contributed by atoms with van der Waals surface area (Å²) in [5, 5.41) is 13.2. The van der Waals surface area contributed by atoms with Crippen molar-refractivity contribution in [2.24, 2.45) is 0 Å². The first-order valence-corrected chi connectivity index (χ1v) is 10.1. The van der Waals surface area contributed by atoms with Crippen LogP contribution in [0.2, 0.25) is 0 Å². The lowest BCUT2D eigenvalue weighted by Gasteiger charge is -2.19. The van der Waals surface area contributed by atoms with Crippen LogP contribution in [0.4, 0.5) is 5.69 Å². The molecular formula is C24H23N3O3. The molecule has 0 spiro atoms. The van der Waals surface area contributed by atoms with Crippen molar-refractivity contribution < 1.29 is 14.3 Å². The summed E-state index contributed by atoms with van der Waals surface area (Å²) in [4.78, 5) is 16.6. The highest BCUT2D eigenvalue weighted by Crippen LogP contribution is 2.51. The van der Waals surface area contributed by atoms with Gasteiger partial charge in [0.2, 0.25) is 12.7 Å². The molecule has 152 valence electrons. The summed E-state index contributed by atoms with van der Waals surface area (Å²) in [6.45, 7) is 4.32. The number of nitriles is 1. The van der Waals surface area contributed by atoms with Gasteiger partial charge in [0.1, 0.15) is 0 Å². The zero-order chi connectivity index (χ0) is 20.9. The third-order valence-corrected chi connectivity index (χ3v) is 6.24. The Labute approximate surface area is 174 Å². The van der Waals surface area contributed by atoms with Crippen LogP contribution in [0.15, 0.2) is 42.5 Å². The number of ether oxygens (including phenoxy) is 2. The van der Waals surface area contributed by atoms with Crippen LogP contribution in [0, 0.1) is 11.3 Å². The Morgan fingerprint density at radius 2 is 1.97 bits per heavy atom. The summed E-state index contributed by atoms with van der Waals surface area (Å²) in [6, 6.07) is 15.9. The van der Waals surface area contributed by atoms with Crippen molar-refractivity contribution in [1.82, 2.24) is 4.98 Å². The van der Waals surface area contributed by atoms with Crippen molar-refractivity contribution in [1.29, 1.82) is 5.26 Å². The molecule has 5 rings (SSSR count). The second-order valence-corrected chi connectivity index (χ2v) is 8.81. The zero-order valence-electron chi connectivity index (χ0n) is 17.0. The molecule has 2 heterocycles. The maximum atomic E-state index is 13.2. The number of nitrogens with zero attached hydrogens (tertiary/aromatic N) is 1. The summed E-state index contributed by atoms with van der Waals surface area (Å²) >= 11 is 0. The SMILES string of the molecule is CC(C)(CC#N)c1cc2cc(NC(=O)C3(c4ccc5c(c4)OCO5)CC3)ccc2[nH]1. The fourth-order valence-corrected chi connectivity index (χ4v) is 4.08. The summed E-state index contributed by atoms with van der Waals surface area (Å²) in [5.74, 6) is 1.43. The molecule has 30 heavy (non-hydrogen) atoms. The van der Waals surface area contributed by atoms with Crippen LogP contribution in [0.25, 0.3) is 10.9 Å². The molecule has 0 bridgehead atoms. The number of aromatic nitrogens is 1. The maximum Gasteiger partial charge on any atom is 0.235 e. The van der Waals surface area contributed by atoms with Crippen LogP contribution in [-0.4, -0.2) is 17.7 Å². The number of nitrogens with one attached hydrogen (secondary N) is 2. The van der Waals surface area contributed by atoms with E-state index in [-0.39, 0.29) is 18.1 Å². The zero-order valence-corrected chi connectivity index (χ0v) is 17.0. The Morgan fingerprint density at radius 1 is 1.17 bits per heavy atom. The smallest absolute Gasteiger partial charge is 0.235 e. The van der Waals surface area contributed by atoms with E-state index in [0.29, 0.717) is 12.2 Å². The molecule has 2 aliphatic rings. The van der Waals surface area contributed by atoms with Gasteiger partial charge in [-0.15, -0.1) is 0 Å². The van der Waals surface area contributed by atoms with Crippen molar-refractivity contribution >= 4 is 22.5 Å². The second-order valence-electron chi connectivity index (χ2n) is 8.81. The van der Waals surface area contributed by atoms with E-state index in [4.69, 9.17) is 14.7 Å². The second kappa shape index (κ2) is 6.53. The Bertz CT molecular complexity index is 1200. The predicted octanol–water partition coefficient (Wildman–Crippen LogP) is 4.76. The van der Waals surface area contributed by atoms with Gasteiger partial charge in [-0.25, -0.2) is 0 Å². The van der Waals surface area contributed by atoms with Gasteiger partial charge in [0, 0.05) is 34.1 Å². The number of fused-ring (bicyclic) bond motifs is 2. The fourth-order valence-electron chi connectivity index (χ4n) is 4.08. The molecule has 1 aliphatic carbocycles. The van der Waals surface area contributed by atoms with E-state index < -0.39 is 5.41 Å². The number of anilines is 1. The molecule has 0 saturated heterocycles. The number of carbonyl (C=O) groups excluding carboxylic acids is 1. The average molecular weight is 401 g/mol. The number of rotatable bonds is 5. The van der Waals surface area contributed by atoms with E-state index in [1.807, 2.05) is 50.2 Å². The molecule has 0 radical (unpaired) electrons. The number of benzene rings is 2. The standard InChI is InChI=1S/C24H23N3O3/c1-23(2,9-10-25)21-12-15-11-17(4-5-18(15)27-21)26-22(28)24(7-8-24)16-3-6-19-20(13-16)30-14-29-19/h3-6,11-13,27H,7-9,14H2,1-2H3,(H,26,28). The molecule has 6 heteroatoms. The topological polar surface area (TPSA) is 87.1 Å². The van der Waals surface area contributed by atoms with Crippen LogP contribution in [0.3, 0.4) is 0 Å². The maximum absolute atomic E-state index is 13.2. The van der Waals surface area contributed by atoms with E-state index in [1.165, 1.54) is 0 Å². The molecule has 6 nitrogen and oxygen atoms in total. The lowest BCUT2D eigenvalue weighted by atomic mass is 9.86. The van der Waals surface area contributed by atoms with Crippen molar-refractivity contribution in [2.75, 3.05) is 12.1 Å². The highest BCUT2D eigenvalue weighted by Gasteiger charge is 2.51. The van der Waals surface area contributed by atoms with E-state index in [1.54, 1.807) is 0 Å². The molecule has 1 aliphatic heterocycles. The first-order chi connectivity index (χ1) is 14.4. The summed E-state index contributed by atoms with van der Waals surface area (Å²) < 4.78 is 10.9. The van der Waals surface area contributed by atoms with E-state index in [9.17, 15) is 4.79 Å². The predicted molar refractivity (Wildman–Crippen MR) is 114 cm³/mol. The van der Waals surface area contributed by atoms with Gasteiger partial charge in [0.05, 0.1) is 11.5 Å². The van der Waals surface area contributed by atoms with Crippen LogP contribution in [0.5, 0.6) is 11.5 Å². The number of carbonyl (C=O) groups is 1. The molecule has 1 amide bonds. The van der Waals surface area contributed by atoms with Gasteiger partial charge in [0.25, 0.3) is 0 Å². The molecule has 1 aromatic heterocycles. The van der Waals surface area contributed by atoms with Gasteiger partial charge in [-0.2, -0.15) is 5.26 Å². The van der Waals surface area contributed by atoms with Crippen molar-refractivity contribution in [3.8, 4) is 17.6 Å². The molecule has 2 aromatic carbocycles. The van der Waals surface area contributed by atoms with Gasteiger partial charge >= 0.3 is 0 Å². The minimum absolute atomic E-state index is 0.00119. The lowest BCUT2D eigenvalue weighted by Crippen LogP contribution is -2.27. The highest BCUT2D eigenvalue weighted by atomic mass is 16.7. The normalized spacial score (nSPS) is 16.3. The summed E-state index contributed by atoms with van der Waals surface area (Å²) in [6.07, 6.45) is 2.07. The minimum atomic E-state index is -0.506. The number of H-pyrrole nitrogens is 1. The summed E-state index contributed by atoms with van der Waals surface area (Å²) in [7, 11) is 0. The van der Waals surface area contributed by atoms with E-state index in [2.05, 4.69) is 22.4 Å². The third kappa shape index (κ3) is 2.98. The third-order valence-electron chi connectivity index (χ3n) is 6.24. The molecule has 0 unspecified atom stereocenters.